The number of pyridine rings is 1. The molecule has 5 heteroatoms. The second-order valence-corrected chi connectivity index (χ2v) is 6.81. The van der Waals surface area contributed by atoms with Gasteiger partial charge in [0.05, 0.1) is 0 Å². The number of aromatic hydroxyl groups is 1. The number of benzene rings is 2. The summed E-state index contributed by atoms with van der Waals surface area (Å²) < 4.78 is 0. The van der Waals surface area contributed by atoms with Gasteiger partial charge in [0, 0.05) is 18.3 Å². The second-order valence-electron chi connectivity index (χ2n) is 6.81. The highest BCUT2D eigenvalue weighted by molar-refractivity contribution is 5.94. The Balaban J connectivity index is 1.61. The van der Waals surface area contributed by atoms with Crippen LogP contribution in [-0.2, 0) is 6.54 Å². The van der Waals surface area contributed by atoms with Gasteiger partial charge in [0.15, 0.2) is 0 Å². The summed E-state index contributed by atoms with van der Waals surface area (Å²) in [6.07, 6.45) is 1.87. The molecule has 0 unspecified atom stereocenters. The maximum Gasteiger partial charge on any atom is 0.261 e. The number of aromatic amines is 1. The molecule has 2 aromatic carbocycles. The molecule has 0 spiro atoms. The van der Waals surface area contributed by atoms with Crippen molar-refractivity contribution in [1.29, 1.82) is 0 Å². The van der Waals surface area contributed by atoms with Crippen LogP contribution in [0.4, 0.5) is 0 Å². The van der Waals surface area contributed by atoms with Gasteiger partial charge in [-0.1, -0.05) is 42.5 Å². The third kappa shape index (κ3) is 3.77. The lowest BCUT2D eigenvalue weighted by Crippen LogP contribution is -2.36. The van der Waals surface area contributed by atoms with Crippen LogP contribution in [0.5, 0.6) is 5.75 Å². The van der Waals surface area contributed by atoms with E-state index in [-0.39, 0.29) is 28.8 Å². The average molecular weight is 360 g/mol. The number of nitrogens with one attached hydrogen (secondary N) is 1. The van der Waals surface area contributed by atoms with Crippen molar-refractivity contribution in [3.63, 3.8) is 0 Å². The predicted molar refractivity (Wildman–Crippen MR) is 104 cm³/mol. The molecule has 1 amide bonds. The van der Waals surface area contributed by atoms with Gasteiger partial charge in [-0.05, 0) is 48.2 Å². The quantitative estimate of drug-likeness (QED) is 0.731. The zero-order valence-corrected chi connectivity index (χ0v) is 14.8. The SMILES string of the molecule is O=C(c1ccc(-c2ccccc2)[nH]c1=O)N(Cc1cccc(O)c1)C1CC1. The van der Waals surface area contributed by atoms with Crippen LogP contribution in [0.3, 0.4) is 0 Å². The zero-order valence-electron chi connectivity index (χ0n) is 14.8. The van der Waals surface area contributed by atoms with Crippen molar-refractivity contribution >= 4 is 5.91 Å². The lowest BCUT2D eigenvalue weighted by Gasteiger charge is -2.22. The molecule has 0 radical (unpaired) electrons. The molecule has 1 fully saturated rings. The van der Waals surface area contributed by atoms with Crippen molar-refractivity contribution in [3.05, 3.63) is 88.2 Å². The number of hydrogen-bond acceptors (Lipinski definition) is 3. The van der Waals surface area contributed by atoms with E-state index in [4.69, 9.17) is 0 Å². The number of amides is 1. The summed E-state index contributed by atoms with van der Waals surface area (Å²) in [5.74, 6) is -0.109. The molecule has 0 saturated heterocycles. The van der Waals surface area contributed by atoms with Crippen LogP contribution in [0.25, 0.3) is 11.3 Å². The molecule has 5 nitrogen and oxygen atoms in total. The van der Waals surface area contributed by atoms with E-state index in [1.54, 1.807) is 35.2 Å². The number of rotatable bonds is 5. The summed E-state index contributed by atoms with van der Waals surface area (Å²) in [7, 11) is 0. The van der Waals surface area contributed by atoms with Crippen LogP contribution >= 0.6 is 0 Å². The third-order valence-electron chi connectivity index (χ3n) is 4.74. The Morgan fingerprint density at radius 1 is 1.04 bits per heavy atom. The molecule has 1 aromatic heterocycles. The topological polar surface area (TPSA) is 73.4 Å². The Hall–Kier alpha value is -3.34. The number of phenolic OH excluding ortho intramolecular Hbond substituents is 1. The van der Waals surface area contributed by atoms with E-state index >= 15 is 0 Å². The summed E-state index contributed by atoms with van der Waals surface area (Å²) in [4.78, 5) is 30.1. The zero-order chi connectivity index (χ0) is 18.8. The highest BCUT2D eigenvalue weighted by atomic mass is 16.3. The summed E-state index contributed by atoms with van der Waals surface area (Å²) in [6, 6.07) is 19.9. The van der Waals surface area contributed by atoms with Crippen molar-refractivity contribution < 1.29 is 9.90 Å². The first-order chi connectivity index (χ1) is 13.1. The van der Waals surface area contributed by atoms with Crippen molar-refractivity contribution in [2.45, 2.75) is 25.4 Å². The number of phenols is 1. The lowest BCUT2D eigenvalue weighted by atomic mass is 10.1. The maximum atomic E-state index is 13.0. The largest absolute Gasteiger partial charge is 0.508 e. The van der Waals surface area contributed by atoms with Crippen LogP contribution in [0.1, 0.15) is 28.8 Å². The van der Waals surface area contributed by atoms with Crippen LogP contribution in [0, 0.1) is 0 Å². The van der Waals surface area contributed by atoms with Crippen molar-refractivity contribution in [1.82, 2.24) is 9.88 Å². The van der Waals surface area contributed by atoms with Crippen LogP contribution < -0.4 is 5.56 Å². The first kappa shape index (κ1) is 17.1. The van der Waals surface area contributed by atoms with Gasteiger partial charge >= 0.3 is 0 Å². The molecular weight excluding hydrogens is 340 g/mol. The van der Waals surface area contributed by atoms with E-state index in [1.165, 1.54) is 0 Å². The Morgan fingerprint density at radius 3 is 2.48 bits per heavy atom. The molecule has 1 heterocycles. The Kier molecular flexibility index (Phi) is 4.50. The van der Waals surface area contributed by atoms with Gasteiger partial charge in [-0.25, -0.2) is 0 Å². The third-order valence-corrected chi connectivity index (χ3v) is 4.74. The highest BCUT2D eigenvalue weighted by Gasteiger charge is 2.34. The molecule has 2 N–H and O–H groups in total. The molecule has 1 aliphatic carbocycles. The summed E-state index contributed by atoms with van der Waals surface area (Å²) in [6.45, 7) is 0.373. The number of carbonyl (C=O) groups excluding carboxylic acids is 1. The number of nitrogens with zero attached hydrogens (tertiary/aromatic N) is 1. The van der Waals surface area contributed by atoms with Gasteiger partial charge in [0.1, 0.15) is 11.3 Å². The Bertz CT molecular complexity index is 1020. The van der Waals surface area contributed by atoms with E-state index in [0.29, 0.717) is 12.2 Å². The molecule has 0 atom stereocenters. The van der Waals surface area contributed by atoms with Gasteiger partial charge < -0.3 is 15.0 Å². The number of carbonyl (C=O) groups is 1. The fourth-order valence-electron chi connectivity index (χ4n) is 3.19. The molecular formula is C22H20N2O3. The van der Waals surface area contributed by atoms with Crippen LogP contribution in [-0.4, -0.2) is 26.9 Å². The first-order valence-electron chi connectivity index (χ1n) is 8.99. The van der Waals surface area contributed by atoms with Crippen LogP contribution in [0.15, 0.2) is 71.5 Å². The summed E-state index contributed by atoms with van der Waals surface area (Å²) >= 11 is 0. The molecule has 3 aromatic rings. The van der Waals surface area contributed by atoms with Crippen molar-refractivity contribution in [2.24, 2.45) is 0 Å². The van der Waals surface area contributed by atoms with Crippen molar-refractivity contribution in [2.75, 3.05) is 0 Å². The van der Waals surface area contributed by atoms with Crippen LogP contribution in [0.2, 0.25) is 0 Å². The molecule has 136 valence electrons. The van der Waals surface area contributed by atoms with E-state index in [0.717, 1.165) is 24.0 Å². The normalized spacial score (nSPS) is 13.3. The highest BCUT2D eigenvalue weighted by Crippen LogP contribution is 2.30. The Morgan fingerprint density at radius 2 is 1.81 bits per heavy atom. The van der Waals surface area contributed by atoms with Gasteiger partial charge in [-0.3, -0.25) is 9.59 Å². The fourth-order valence-corrected chi connectivity index (χ4v) is 3.19. The summed E-state index contributed by atoms with van der Waals surface area (Å²) in [5, 5.41) is 9.66. The molecule has 27 heavy (non-hydrogen) atoms. The molecule has 0 bridgehead atoms. The molecule has 1 saturated carbocycles. The van der Waals surface area contributed by atoms with Gasteiger partial charge in [-0.2, -0.15) is 0 Å². The number of hydrogen-bond donors (Lipinski definition) is 2. The van der Waals surface area contributed by atoms with E-state index in [9.17, 15) is 14.7 Å². The van der Waals surface area contributed by atoms with Gasteiger partial charge in [-0.15, -0.1) is 0 Å². The standard InChI is InChI=1S/C22H20N2O3/c25-18-8-4-5-15(13-18)14-24(17-9-10-17)22(27)19-11-12-20(23-21(19)26)16-6-2-1-3-7-16/h1-8,11-13,17,25H,9-10,14H2,(H,23,26). The van der Waals surface area contributed by atoms with Gasteiger partial charge in [0.2, 0.25) is 0 Å². The average Bonchev–Trinajstić information content (AvgIpc) is 3.51. The minimum absolute atomic E-state index is 0.140. The smallest absolute Gasteiger partial charge is 0.261 e. The second kappa shape index (κ2) is 7.11. The minimum atomic E-state index is -0.386. The van der Waals surface area contributed by atoms with E-state index in [1.807, 2.05) is 36.4 Å². The first-order valence-corrected chi connectivity index (χ1v) is 8.99. The minimum Gasteiger partial charge on any atom is -0.508 e. The van der Waals surface area contributed by atoms with Gasteiger partial charge in [0.25, 0.3) is 11.5 Å². The molecule has 0 aliphatic heterocycles. The number of aromatic nitrogens is 1. The molecule has 4 rings (SSSR count). The number of H-pyrrole nitrogens is 1. The Labute approximate surface area is 156 Å². The van der Waals surface area contributed by atoms with E-state index < -0.39 is 0 Å². The van der Waals surface area contributed by atoms with Crippen molar-refractivity contribution in [3.8, 4) is 17.0 Å². The lowest BCUT2D eigenvalue weighted by molar-refractivity contribution is 0.0728. The van der Waals surface area contributed by atoms with E-state index in [2.05, 4.69) is 4.98 Å². The maximum absolute atomic E-state index is 13.0. The summed E-state index contributed by atoms with van der Waals surface area (Å²) in [5.41, 5.74) is 2.17. The predicted octanol–water partition coefficient (Wildman–Crippen LogP) is 3.55. The monoisotopic (exact) mass is 360 g/mol. The molecule has 1 aliphatic rings. The fraction of sp³-hybridized carbons (Fsp3) is 0.182.